The maximum Gasteiger partial charge on any atom is 0.120 e. The third kappa shape index (κ3) is 2.42. The van der Waals surface area contributed by atoms with Gasteiger partial charge in [0.05, 0.1) is 0 Å². The first-order valence-corrected chi connectivity index (χ1v) is 4.59. The molecule has 0 aliphatic carbocycles. The second-order valence-electron chi connectivity index (χ2n) is 2.88. The van der Waals surface area contributed by atoms with Gasteiger partial charge in [0, 0.05) is 5.02 Å². The number of rotatable bonds is 3. The van der Waals surface area contributed by atoms with Crippen molar-refractivity contribution in [3.8, 4) is 5.75 Å². The minimum atomic E-state index is 0.316. The number of aromatic hydroxyl groups is 1. The molecule has 0 amide bonds. The van der Waals surface area contributed by atoms with Gasteiger partial charge in [0.1, 0.15) is 5.75 Å². The summed E-state index contributed by atoms with van der Waals surface area (Å²) in [7, 11) is 0. The first-order chi connectivity index (χ1) is 5.74. The van der Waals surface area contributed by atoms with Crippen molar-refractivity contribution in [1.29, 1.82) is 0 Å². The van der Waals surface area contributed by atoms with Crippen LogP contribution >= 0.6 is 11.6 Å². The van der Waals surface area contributed by atoms with Crippen molar-refractivity contribution in [2.45, 2.75) is 26.2 Å². The number of unbranched alkanes of at least 4 members (excludes halogenated alkanes) is 1. The van der Waals surface area contributed by atoms with E-state index in [1.54, 1.807) is 6.07 Å². The quantitative estimate of drug-likeness (QED) is 0.764. The van der Waals surface area contributed by atoms with E-state index in [4.69, 9.17) is 11.6 Å². The van der Waals surface area contributed by atoms with Crippen LogP contribution in [0.3, 0.4) is 0 Å². The largest absolute Gasteiger partial charge is 0.508 e. The molecule has 0 fully saturated rings. The molecule has 1 aromatic carbocycles. The fourth-order valence-corrected chi connectivity index (χ4v) is 1.28. The van der Waals surface area contributed by atoms with Gasteiger partial charge in [0.2, 0.25) is 0 Å². The van der Waals surface area contributed by atoms with Crippen molar-refractivity contribution >= 4 is 11.6 Å². The van der Waals surface area contributed by atoms with Gasteiger partial charge in [-0.15, -0.1) is 0 Å². The number of hydrogen-bond donors (Lipinski definition) is 1. The fraction of sp³-hybridized carbons (Fsp3) is 0.400. The predicted octanol–water partition coefficient (Wildman–Crippen LogP) is 3.39. The monoisotopic (exact) mass is 184 g/mol. The van der Waals surface area contributed by atoms with Crippen LogP contribution in [0.1, 0.15) is 25.3 Å². The van der Waals surface area contributed by atoms with Crippen LogP contribution < -0.4 is 0 Å². The van der Waals surface area contributed by atoms with E-state index >= 15 is 0 Å². The summed E-state index contributed by atoms with van der Waals surface area (Å²) < 4.78 is 0. The predicted molar refractivity (Wildman–Crippen MR) is 51.7 cm³/mol. The van der Waals surface area contributed by atoms with Crippen molar-refractivity contribution in [3.05, 3.63) is 28.8 Å². The highest BCUT2D eigenvalue weighted by molar-refractivity contribution is 6.30. The van der Waals surface area contributed by atoms with Crippen LogP contribution in [-0.4, -0.2) is 5.11 Å². The van der Waals surface area contributed by atoms with Crippen LogP contribution in [0.2, 0.25) is 5.02 Å². The van der Waals surface area contributed by atoms with E-state index in [-0.39, 0.29) is 0 Å². The Morgan fingerprint density at radius 2 is 2.17 bits per heavy atom. The lowest BCUT2D eigenvalue weighted by Gasteiger charge is -2.02. The van der Waals surface area contributed by atoms with Gasteiger partial charge in [0.25, 0.3) is 0 Å². The molecule has 0 radical (unpaired) electrons. The second kappa shape index (κ2) is 4.36. The maximum atomic E-state index is 9.43. The molecular formula is C10H13ClO. The topological polar surface area (TPSA) is 20.2 Å². The van der Waals surface area contributed by atoms with Crippen molar-refractivity contribution in [2.24, 2.45) is 0 Å². The van der Waals surface area contributed by atoms with E-state index in [1.165, 1.54) is 0 Å². The van der Waals surface area contributed by atoms with Gasteiger partial charge < -0.3 is 5.11 Å². The molecule has 0 aliphatic heterocycles. The Bertz CT molecular complexity index is 258. The molecular weight excluding hydrogens is 172 g/mol. The molecule has 0 saturated carbocycles. The van der Waals surface area contributed by atoms with E-state index < -0.39 is 0 Å². The van der Waals surface area contributed by atoms with Crippen molar-refractivity contribution in [3.63, 3.8) is 0 Å². The molecule has 1 N–H and O–H groups in total. The fourth-order valence-electron chi connectivity index (χ4n) is 1.12. The number of benzene rings is 1. The molecule has 0 bridgehead atoms. The number of phenolic OH excluding ortho intramolecular Hbond substituents is 1. The van der Waals surface area contributed by atoms with E-state index in [2.05, 4.69) is 6.92 Å². The number of aryl methyl sites for hydroxylation is 1. The summed E-state index contributed by atoms with van der Waals surface area (Å²) in [6.07, 6.45) is 3.18. The lowest BCUT2D eigenvalue weighted by Crippen LogP contribution is -1.84. The van der Waals surface area contributed by atoms with Gasteiger partial charge in [-0.25, -0.2) is 0 Å². The molecule has 1 aromatic rings. The second-order valence-corrected chi connectivity index (χ2v) is 3.31. The zero-order valence-corrected chi connectivity index (χ0v) is 7.93. The molecule has 1 rings (SSSR count). The zero-order valence-electron chi connectivity index (χ0n) is 7.18. The van der Waals surface area contributed by atoms with Crippen LogP contribution in [0, 0.1) is 0 Å². The molecule has 0 heterocycles. The average Bonchev–Trinajstić information content (AvgIpc) is 2.03. The van der Waals surface area contributed by atoms with Gasteiger partial charge in [-0.2, -0.15) is 0 Å². The highest BCUT2D eigenvalue weighted by Gasteiger charge is 2.00. The smallest absolute Gasteiger partial charge is 0.120 e. The molecule has 0 aromatic heterocycles. The Hall–Kier alpha value is -0.690. The molecule has 2 heteroatoms. The van der Waals surface area contributed by atoms with Crippen LogP contribution in [0.25, 0.3) is 0 Å². The summed E-state index contributed by atoms with van der Waals surface area (Å²) >= 11 is 5.69. The SMILES string of the molecule is CCCCc1ccc(Cl)cc1O. The third-order valence-corrected chi connectivity index (χ3v) is 2.08. The molecule has 0 aliphatic rings. The highest BCUT2D eigenvalue weighted by atomic mass is 35.5. The first-order valence-electron chi connectivity index (χ1n) is 4.21. The normalized spacial score (nSPS) is 10.2. The summed E-state index contributed by atoms with van der Waals surface area (Å²) in [6, 6.07) is 5.28. The van der Waals surface area contributed by atoms with Gasteiger partial charge in [-0.3, -0.25) is 0 Å². The van der Waals surface area contributed by atoms with Crippen LogP contribution in [0.4, 0.5) is 0 Å². The molecule has 0 saturated heterocycles. The third-order valence-electron chi connectivity index (χ3n) is 1.85. The van der Waals surface area contributed by atoms with Gasteiger partial charge >= 0.3 is 0 Å². The van der Waals surface area contributed by atoms with E-state index in [0.717, 1.165) is 24.8 Å². The number of hydrogen-bond acceptors (Lipinski definition) is 1. The van der Waals surface area contributed by atoms with E-state index in [0.29, 0.717) is 10.8 Å². The van der Waals surface area contributed by atoms with Crippen LogP contribution in [-0.2, 0) is 6.42 Å². The highest BCUT2D eigenvalue weighted by Crippen LogP contribution is 2.23. The Morgan fingerprint density at radius 1 is 1.42 bits per heavy atom. The lowest BCUT2D eigenvalue weighted by molar-refractivity contribution is 0.467. The van der Waals surface area contributed by atoms with Crippen molar-refractivity contribution < 1.29 is 5.11 Å². The minimum absolute atomic E-state index is 0.316. The van der Waals surface area contributed by atoms with Crippen LogP contribution in [0.5, 0.6) is 5.75 Å². The Kier molecular flexibility index (Phi) is 3.42. The average molecular weight is 185 g/mol. The standard InChI is InChI=1S/C10H13ClO/c1-2-3-4-8-5-6-9(11)7-10(8)12/h5-7,12H,2-4H2,1H3. The summed E-state index contributed by atoms with van der Waals surface area (Å²) in [5, 5.41) is 10.0. The van der Waals surface area contributed by atoms with Crippen molar-refractivity contribution in [2.75, 3.05) is 0 Å². The van der Waals surface area contributed by atoms with Crippen molar-refractivity contribution in [1.82, 2.24) is 0 Å². The molecule has 0 unspecified atom stereocenters. The Balaban J connectivity index is 2.72. The Morgan fingerprint density at radius 3 is 2.75 bits per heavy atom. The van der Waals surface area contributed by atoms with Crippen LogP contribution in [0.15, 0.2) is 18.2 Å². The molecule has 0 atom stereocenters. The summed E-state index contributed by atoms with van der Waals surface area (Å²) in [5.41, 5.74) is 0.987. The molecule has 12 heavy (non-hydrogen) atoms. The molecule has 66 valence electrons. The summed E-state index contributed by atoms with van der Waals surface area (Å²) in [6.45, 7) is 2.13. The number of phenols is 1. The zero-order chi connectivity index (χ0) is 8.97. The summed E-state index contributed by atoms with van der Waals surface area (Å²) in [4.78, 5) is 0. The summed E-state index contributed by atoms with van der Waals surface area (Å²) in [5.74, 6) is 0.316. The minimum Gasteiger partial charge on any atom is -0.508 e. The first kappa shape index (κ1) is 9.40. The molecule has 0 spiro atoms. The van der Waals surface area contributed by atoms with E-state index in [1.807, 2.05) is 12.1 Å². The number of halogens is 1. The lowest BCUT2D eigenvalue weighted by atomic mass is 10.1. The van der Waals surface area contributed by atoms with Gasteiger partial charge in [-0.1, -0.05) is 31.0 Å². The van der Waals surface area contributed by atoms with E-state index in [9.17, 15) is 5.11 Å². The molecule has 1 nitrogen and oxygen atoms in total. The maximum absolute atomic E-state index is 9.43. The van der Waals surface area contributed by atoms with Gasteiger partial charge in [-0.05, 0) is 30.5 Å². The van der Waals surface area contributed by atoms with Gasteiger partial charge in [0.15, 0.2) is 0 Å². The Labute approximate surface area is 78.0 Å².